The van der Waals surface area contributed by atoms with Crippen LogP contribution in [0.4, 0.5) is 0 Å². The van der Waals surface area contributed by atoms with Crippen LogP contribution in [-0.4, -0.2) is 27.1 Å². The van der Waals surface area contributed by atoms with E-state index in [-0.39, 0.29) is 12.0 Å². The van der Waals surface area contributed by atoms with Crippen molar-refractivity contribution in [1.29, 1.82) is 0 Å². The molecule has 0 unspecified atom stereocenters. The van der Waals surface area contributed by atoms with E-state index in [1.54, 1.807) is 18.5 Å². The number of rotatable bonds is 6. The van der Waals surface area contributed by atoms with Gasteiger partial charge < -0.3 is 14.6 Å². The van der Waals surface area contributed by atoms with Crippen molar-refractivity contribution in [2.45, 2.75) is 26.5 Å². The summed E-state index contributed by atoms with van der Waals surface area (Å²) in [6, 6.07) is 11.0. The van der Waals surface area contributed by atoms with Gasteiger partial charge in [0.05, 0.1) is 6.10 Å². The Morgan fingerprint density at radius 3 is 2.72 bits per heavy atom. The summed E-state index contributed by atoms with van der Waals surface area (Å²) in [4.78, 5) is 20.2. The summed E-state index contributed by atoms with van der Waals surface area (Å²) in [5, 5.41) is 6.57. The number of amides is 1. The molecule has 0 saturated carbocycles. The summed E-state index contributed by atoms with van der Waals surface area (Å²) in [6.07, 6.45) is 3.46. The van der Waals surface area contributed by atoms with E-state index in [0.717, 1.165) is 16.9 Å². The molecule has 1 amide bonds. The lowest BCUT2D eigenvalue weighted by Crippen LogP contribution is -2.23. The molecule has 3 rings (SSSR count). The van der Waals surface area contributed by atoms with Gasteiger partial charge >= 0.3 is 11.8 Å². The van der Waals surface area contributed by atoms with Crippen LogP contribution in [0.3, 0.4) is 0 Å². The number of nitrogens with zero attached hydrogens (tertiary/aromatic N) is 3. The first-order valence-corrected chi connectivity index (χ1v) is 7.90. The monoisotopic (exact) mass is 338 g/mol. The van der Waals surface area contributed by atoms with E-state index >= 15 is 0 Å². The average Bonchev–Trinajstić information content (AvgIpc) is 3.11. The van der Waals surface area contributed by atoms with Gasteiger partial charge in [0, 0.05) is 24.5 Å². The van der Waals surface area contributed by atoms with Gasteiger partial charge in [0.1, 0.15) is 5.75 Å². The summed E-state index contributed by atoms with van der Waals surface area (Å²) in [5.41, 5.74) is 1.63. The smallest absolute Gasteiger partial charge is 0.316 e. The molecule has 25 heavy (non-hydrogen) atoms. The second-order valence-electron chi connectivity index (χ2n) is 5.66. The van der Waals surface area contributed by atoms with E-state index in [2.05, 4.69) is 20.4 Å². The van der Waals surface area contributed by atoms with Gasteiger partial charge in [-0.2, -0.15) is 4.98 Å². The Balaban J connectivity index is 1.64. The zero-order chi connectivity index (χ0) is 17.6. The molecular formula is C18H18N4O3. The molecule has 0 spiro atoms. The van der Waals surface area contributed by atoms with Crippen LogP contribution in [0.25, 0.3) is 11.4 Å². The average molecular weight is 338 g/mol. The maximum atomic E-state index is 12.1. The molecule has 1 N–H and O–H groups in total. The number of hydrogen-bond acceptors (Lipinski definition) is 6. The highest BCUT2D eigenvalue weighted by Gasteiger charge is 2.16. The van der Waals surface area contributed by atoms with Crippen molar-refractivity contribution >= 4 is 5.91 Å². The highest BCUT2D eigenvalue weighted by atomic mass is 16.5. The molecule has 0 fully saturated rings. The van der Waals surface area contributed by atoms with Crippen LogP contribution in [0.5, 0.6) is 5.75 Å². The SMILES string of the molecule is CC(C)Oc1ccc(-c2noc(C(=O)NCc3cccnc3)n2)cc1. The third-order valence-corrected chi connectivity index (χ3v) is 3.28. The lowest BCUT2D eigenvalue weighted by Gasteiger charge is -2.09. The van der Waals surface area contributed by atoms with E-state index < -0.39 is 5.91 Å². The summed E-state index contributed by atoms with van der Waals surface area (Å²) in [6.45, 7) is 4.26. The van der Waals surface area contributed by atoms with Crippen molar-refractivity contribution in [3.8, 4) is 17.1 Å². The minimum Gasteiger partial charge on any atom is -0.491 e. The van der Waals surface area contributed by atoms with Crippen LogP contribution < -0.4 is 10.1 Å². The quantitative estimate of drug-likeness (QED) is 0.743. The second-order valence-corrected chi connectivity index (χ2v) is 5.66. The van der Waals surface area contributed by atoms with Crippen molar-refractivity contribution in [2.75, 3.05) is 0 Å². The third-order valence-electron chi connectivity index (χ3n) is 3.28. The minimum absolute atomic E-state index is 0.0820. The molecule has 0 atom stereocenters. The summed E-state index contributed by atoms with van der Waals surface area (Å²) >= 11 is 0. The topological polar surface area (TPSA) is 90.1 Å². The van der Waals surface area contributed by atoms with Crippen LogP contribution in [-0.2, 0) is 6.54 Å². The molecule has 0 aliphatic carbocycles. The zero-order valence-corrected chi connectivity index (χ0v) is 14.0. The standard InChI is InChI=1S/C18H18N4O3/c1-12(2)24-15-7-5-14(6-8-15)16-21-18(25-22-16)17(23)20-11-13-4-3-9-19-10-13/h3-10,12H,11H2,1-2H3,(H,20,23). The van der Waals surface area contributed by atoms with Crippen LogP contribution >= 0.6 is 0 Å². The maximum absolute atomic E-state index is 12.1. The van der Waals surface area contributed by atoms with Gasteiger partial charge in [0.2, 0.25) is 5.82 Å². The Morgan fingerprint density at radius 1 is 1.24 bits per heavy atom. The van der Waals surface area contributed by atoms with E-state index in [1.165, 1.54) is 0 Å². The number of benzene rings is 1. The van der Waals surface area contributed by atoms with E-state index in [9.17, 15) is 4.79 Å². The first-order chi connectivity index (χ1) is 12.1. The van der Waals surface area contributed by atoms with E-state index in [1.807, 2.05) is 44.2 Å². The highest BCUT2D eigenvalue weighted by molar-refractivity contribution is 5.89. The Morgan fingerprint density at radius 2 is 2.04 bits per heavy atom. The molecule has 128 valence electrons. The van der Waals surface area contributed by atoms with Crippen molar-refractivity contribution in [1.82, 2.24) is 20.4 Å². The van der Waals surface area contributed by atoms with Gasteiger partial charge in [0.25, 0.3) is 0 Å². The molecular weight excluding hydrogens is 320 g/mol. The number of nitrogens with one attached hydrogen (secondary N) is 1. The molecule has 3 aromatic rings. The maximum Gasteiger partial charge on any atom is 0.316 e. The summed E-state index contributed by atoms with van der Waals surface area (Å²) < 4.78 is 10.6. The Hall–Kier alpha value is -3.22. The van der Waals surface area contributed by atoms with Gasteiger partial charge in [-0.15, -0.1) is 0 Å². The molecule has 2 aromatic heterocycles. The number of carbonyl (C=O) groups excluding carboxylic acids is 1. The van der Waals surface area contributed by atoms with Crippen molar-refractivity contribution in [2.24, 2.45) is 0 Å². The van der Waals surface area contributed by atoms with Crippen LogP contribution in [0.15, 0.2) is 53.3 Å². The zero-order valence-electron chi connectivity index (χ0n) is 14.0. The predicted octanol–water partition coefficient (Wildman–Crippen LogP) is 2.85. The van der Waals surface area contributed by atoms with Crippen molar-refractivity contribution in [3.05, 3.63) is 60.2 Å². The van der Waals surface area contributed by atoms with Gasteiger partial charge in [0.15, 0.2) is 0 Å². The fourth-order valence-electron chi connectivity index (χ4n) is 2.15. The number of pyridine rings is 1. The number of hydrogen-bond donors (Lipinski definition) is 1. The van der Waals surface area contributed by atoms with Gasteiger partial charge in [-0.25, -0.2) is 0 Å². The Kier molecular flexibility index (Phi) is 5.03. The molecule has 0 aliphatic heterocycles. The third kappa shape index (κ3) is 4.41. The fraction of sp³-hybridized carbons (Fsp3) is 0.222. The molecule has 0 radical (unpaired) electrons. The molecule has 0 bridgehead atoms. The molecule has 0 saturated heterocycles. The summed E-state index contributed by atoms with van der Waals surface area (Å²) in [7, 11) is 0. The molecule has 7 heteroatoms. The first kappa shape index (κ1) is 16.6. The van der Waals surface area contributed by atoms with Gasteiger partial charge in [-0.3, -0.25) is 9.78 Å². The number of ether oxygens (including phenoxy) is 1. The lowest BCUT2D eigenvalue weighted by atomic mass is 10.2. The molecule has 1 aromatic carbocycles. The number of carbonyl (C=O) groups is 1. The van der Waals surface area contributed by atoms with Gasteiger partial charge in [-0.05, 0) is 49.7 Å². The normalized spacial score (nSPS) is 10.7. The Bertz CT molecular complexity index is 829. The molecule has 7 nitrogen and oxygen atoms in total. The largest absolute Gasteiger partial charge is 0.491 e. The van der Waals surface area contributed by atoms with Crippen molar-refractivity contribution in [3.63, 3.8) is 0 Å². The van der Waals surface area contributed by atoms with Crippen LogP contribution in [0.1, 0.15) is 30.1 Å². The second kappa shape index (κ2) is 7.57. The molecule has 2 heterocycles. The first-order valence-electron chi connectivity index (χ1n) is 7.90. The fourth-order valence-corrected chi connectivity index (χ4v) is 2.15. The van der Waals surface area contributed by atoms with Crippen LogP contribution in [0.2, 0.25) is 0 Å². The van der Waals surface area contributed by atoms with Gasteiger partial charge in [-0.1, -0.05) is 11.2 Å². The molecule has 0 aliphatic rings. The van der Waals surface area contributed by atoms with E-state index in [4.69, 9.17) is 9.26 Å². The van der Waals surface area contributed by atoms with E-state index in [0.29, 0.717) is 12.4 Å². The number of aromatic nitrogens is 3. The predicted molar refractivity (Wildman–Crippen MR) is 90.9 cm³/mol. The highest BCUT2D eigenvalue weighted by Crippen LogP contribution is 2.20. The Labute approximate surface area is 145 Å². The van der Waals surface area contributed by atoms with Crippen LogP contribution in [0, 0.1) is 0 Å². The lowest BCUT2D eigenvalue weighted by molar-refractivity contribution is 0.0907. The minimum atomic E-state index is -0.428. The van der Waals surface area contributed by atoms with Crippen molar-refractivity contribution < 1.29 is 14.1 Å². The summed E-state index contributed by atoms with van der Waals surface area (Å²) in [5.74, 6) is 0.600.